The molecule has 0 fully saturated rings. The number of aromatic amines is 2. The van der Waals surface area contributed by atoms with Crippen LogP contribution in [-0.2, 0) is 22.4 Å². The van der Waals surface area contributed by atoms with Gasteiger partial charge in [-0.3, -0.25) is 4.79 Å². The number of carbonyl (C=O) groups is 2. The van der Waals surface area contributed by atoms with Gasteiger partial charge < -0.3 is 35.0 Å². The van der Waals surface area contributed by atoms with Gasteiger partial charge in [0.2, 0.25) is 0 Å². The van der Waals surface area contributed by atoms with Crippen LogP contribution in [0.2, 0.25) is 0 Å². The van der Waals surface area contributed by atoms with Crippen LogP contribution in [0.15, 0.2) is 48.8 Å². The van der Waals surface area contributed by atoms with Crippen LogP contribution in [0, 0.1) is 0 Å². The van der Waals surface area contributed by atoms with Gasteiger partial charge in [0.05, 0.1) is 6.42 Å². The van der Waals surface area contributed by atoms with E-state index in [4.69, 9.17) is 15.2 Å². The highest BCUT2D eigenvalue weighted by Crippen LogP contribution is 2.31. The monoisotopic (exact) mass is 505 g/mol. The quantitative estimate of drug-likeness (QED) is 0.212. The second-order valence-electron chi connectivity index (χ2n) is 9.80. The van der Waals surface area contributed by atoms with Gasteiger partial charge in [0.1, 0.15) is 17.5 Å². The van der Waals surface area contributed by atoms with Crippen LogP contribution in [-0.4, -0.2) is 79.0 Å². The number of H-pyrrole nitrogens is 2. The average molecular weight is 506 g/mol. The Morgan fingerprint density at radius 3 is 1.78 bits per heavy atom. The number of hydrogen-bond acceptors (Lipinski definition) is 7. The second-order valence-corrected chi connectivity index (χ2v) is 9.80. The Balaban J connectivity index is 1.43. The van der Waals surface area contributed by atoms with E-state index in [2.05, 4.69) is 19.8 Å². The van der Waals surface area contributed by atoms with Gasteiger partial charge in [-0.05, 0) is 76.4 Å². The maximum Gasteiger partial charge on any atom is 0.328 e. The molecule has 9 heteroatoms. The summed E-state index contributed by atoms with van der Waals surface area (Å²) in [5, 5.41) is 1.70. The zero-order valence-corrected chi connectivity index (χ0v) is 21.8. The van der Waals surface area contributed by atoms with E-state index in [1.54, 1.807) is 12.1 Å². The van der Waals surface area contributed by atoms with E-state index in [0.717, 1.165) is 58.9 Å². The molecule has 0 bridgehead atoms. The van der Waals surface area contributed by atoms with E-state index in [1.165, 1.54) is 0 Å². The lowest BCUT2D eigenvalue weighted by Crippen LogP contribution is -2.37. The number of ether oxygens (including phenoxy) is 2. The molecule has 0 saturated carbocycles. The third-order valence-electron chi connectivity index (χ3n) is 6.28. The smallest absolute Gasteiger partial charge is 0.328 e. The predicted molar refractivity (Wildman–Crippen MR) is 145 cm³/mol. The molecular weight excluding hydrogens is 470 g/mol. The summed E-state index contributed by atoms with van der Waals surface area (Å²) < 4.78 is 11.3. The number of esters is 2. The Kier molecular flexibility index (Phi) is 8.27. The van der Waals surface area contributed by atoms with Crippen molar-refractivity contribution in [1.29, 1.82) is 0 Å². The van der Waals surface area contributed by atoms with Crippen molar-refractivity contribution >= 4 is 33.7 Å². The van der Waals surface area contributed by atoms with Gasteiger partial charge in [0.15, 0.2) is 0 Å². The van der Waals surface area contributed by atoms with Crippen molar-refractivity contribution in [2.24, 2.45) is 5.73 Å². The molecule has 0 radical (unpaired) electrons. The van der Waals surface area contributed by atoms with E-state index in [9.17, 15) is 9.59 Å². The third-order valence-corrected chi connectivity index (χ3v) is 6.28. The van der Waals surface area contributed by atoms with E-state index >= 15 is 0 Å². The summed E-state index contributed by atoms with van der Waals surface area (Å²) in [6.45, 7) is 1.71. The van der Waals surface area contributed by atoms with E-state index < -0.39 is 18.0 Å². The van der Waals surface area contributed by atoms with Crippen molar-refractivity contribution in [3.8, 4) is 11.5 Å². The van der Waals surface area contributed by atoms with Crippen LogP contribution in [0.25, 0.3) is 21.8 Å². The number of likely N-dealkylation sites (N-methyl/N-ethyl adjacent to an activating group) is 2. The molecule has 2 heterocycles. The number of hydrogen-bond donors (Lipinski definition) is 3. The minimum absolute atomic E-state index is 0.302. The van der Waals surface area contributed by atoms with Crippen molar-refractivity contribution in [2.75, 3.05) is 41.3 Å². The highest BCUT2D eigenvalue weighted by molar-refractivity contribution is 5.94. The van der Waals surface area contributed by atoms with Crippen molar-refractivity contribution in [3.63, 3.8) is 0 Å². The lowest BCUT2D eigenvalue weighted by Gasteiger charge is -2.14. The number of rotatable bonds is 11. The largest absolute Gasteiger partial charge is 0.426 e. The molecule has 2 aromatic carbocycles. The Labute approximate surface area is 216 Å². The van der Waals surface area contributed by atoms with Gasteiger partial charge in [-0.15, -0.1) is 0 Å². The van der Waals surface area contributed by atoms with Gasteiger partial charge in [-0.2, -0.15) is 0 Å². The fourth-order valence-electron chi connectivity index (χ4n) is 4.30. The average Bonchev–Trinajstić information content (AvgIpc) is 3.46. The van der Waals surface area contributed by atoms with Crippen LogP contribution in [0.4, 0.5) is 0 Å². The normalized spacial score (nSPS) is 12.5. The topological polar surface area (TPSA) is 117 Å². The number of nitrogens with one attached hydrogen (secondary N) is 2. The first kappa shape index (κ1) is 26.4. The van der Waals surface area contributed by atoms with Gasteiger partial charge in [0.25, 0.3) is 0 Å². The van der Waals surface area contributed by atoms with E-state index in [-0.39, 0.29) is 6.42 Å². The first-order valence-corrected chi connectivity index (χ1v) is 12.4. The number of aromatic nitrogens is 2. The Hall–Kier alpha value is -3.66. The molecule has 196 valence electrons. The van der Waals surface area contributed by atoms with Gasteiger partial charge in [0, 0.05) is 47.3 Å². The zero-order chi connectivity index (χ0) is 26.5. The summed E-state index contributed by atoms with van der Waals surface area (Å²) in [7, 11) is 8.04. The fraction of sp³-hybridized carbons (Fsp3) is 0.357. The molecule has 0 aliphatic rings. The van der Waals surface area contributed by atoms with Crippen molar-refractivity contribution < 1.29 is 19.1 Å². The number of nitrogens with two attached hydrogens (primary N) is 1. The Morgan fingerprint density at radius 1 is 0.811 bits per heavy atom. The minimum atomic E-state index is -1.16. The highest BCUT2D eigenvalue weighted by Gasteiger charge is 2.23. The van der Waals surface area contributed by atoms with Crippen molar-refractivity contribution in [1.82, 2.24) is 19.8 Å². The zero-order valence-electron chi connectivity index (χ0n) is 21.8. The minimum Gasteiger partial charge on any atom is -0.426 e. The van der Waals surface area contributed by atoms with Crippen molar-refractivity contribution in [2.45, 2.75) is 25.3 Å². The summed E-state index contributed by atoms with van der Waals surface area (Å²) >= 11 is 0. The molecule has 0 spiro atoms. The summed E-state index contributed by atoms with van der Waals surface area (Å²) in [4.78, 5) is 36.2. The summed E-state index contributed by atoms with van der Waals surface area (Å²) in [6, 6.07) is 9.81. The number of benzene rings is 2. The van der Waals surface area contributed by atoms with Crippen LogP contribution < -0.4 is 15.2 Å². The van der Waals surface area contributed by atoms with Crippen LogP contribution in [0.3, 0.4) is 0 Å². The third kappa shape index (κ3) is 6.37. The summed E-state index contributed by atoms with van der Waals surface area (Å²) in [5.74, 6) is -0.413. The number of fused-ring (bicyclic) bond motifs is 2. The van der Waals surface area contributed by atoms with Crippen molar-refractivity contribution in [3.05, 3.63) is 59.9 Å². The van der Waals surface area contributed by atoms with Crippen LogP contribution in [0.5, 0.6) is 11.5 Å². The molecule has 4 rings (SSSR count). The molecule has 0 unspecified atom stereocenters. The lowest BCUT2D eigenvalue weighted by molar-refractivity contribution is -0.141. The fourth-order valence-corrected chi connectivity index (χ4v) is 4.30. The molecular formula is C28H35N5O4. The lowest BCUT2D eigenvalue weighted by atomic mass is 10.1. The van der Waals surface area contributed by atoms with Crippen LogP contribution in [0.1, 0.15) is 17.5 Å². The van der Waals surface area contributed by atoms with Gasteiger partial charge >= 0.3 is 11.9 Å². The molecule has 1 atom stereocenters. The molecule has 0 aliphatic heterocycles. The highest BCUT2D eigenvalue weighted by atomic mass is 16.5. The Bertz CT molecular complexity index is 1390. The first-order valence-electron chi connectivity index (χ1n) is 12.4. The SMILES string of the molecule is CN(C)CCc1c[nH]c2cccc(OC(=O)C[C@H](N)C(=O)Oc3cccc4[nH]cc(CCN(C)C)c34)c12. The molecule has 4 aromatic rings. The second kappa shape index (κ2) is 11.6. The van der Waals surface area contributed by atoms with E-state index in [1.807, 2.05) is 64.8 Å². The molecule has 9 nitrogen and oxygen atoms in total. The van der Waals surface area contributed by atoms with Gasteiger partial charge in [-0.25, -0.2) is 4.79 Å². The maximum atomic E-state index is 12.8. The standard InChI is InChI=1S/C28H35N5O4/c1-32(2)13-11-18-16-30-21-7-5-9-23(26(18)21)36-25(34)15-20(29)28(35)37-24-10-6-8-22-27(24)19(17-31-22)12-14-33(3)4/h5-10,16-17,20,30-31H,11-15,29H2,1-4H3/t20-/m0/s1. The predicted octanol–water partition coefficient (Wildman–Crippen LogP) is 3.09. The maximum absolute atomic E-state index is 12.8. The molecule has 37 heavy (non-hydrogen) atoms. The van der Waals surface area contributed by atoms with E-state index in [0.29, 0.717) is 11.5 Å². The molecule has 0 aliphatic carbocycles. The van der Waals surface area contributed by atoms with Crippen LogP contribution >= 0.6 is 0 Å². The summed E-state index contributed by atoms with van der Waals surface area (Å²) in [6.07, 6.45) is 5.15. The number of nitrogens with zero attached hydrogens (tertiary/aromatic N) is 2. The molecule has 0 amide bonds. The molecule has 2 aromatic heterocycles. The first-order chi connectivity index (χ1) is 17.7. The number of carbonyl (C=O) groups excluding carboxylic acids is 2. The molecule has 4 N–H and O–H groups in total. The summed E-state index contributed by atoms with van der Waals surface area (Å²) in [5.41, 5.74) is 9.93. The molecule has 0 saturated heterocycles. The van der Waals surface area contributed by atoms with Gasteiger partial charge in [-0.1, -0.05) is 12.1 Å². The Morgan fingerprint density at radius 2 is 1.30 bits per heavy atom.